The summed E-state index contributed by atoms with van der Waals surface area (Å²) in [6.07, 6.45) is 4.87. The minimum Gasteiger partial charge on any atom is -0.454 e. The van der Waals surface area contributed by atoms with Gasteiger partial charge in [0.25, 0.3) is 0 Å². The van der Waals surface area contributed by atoms with Gasteiger partial charge < -0.3 is 19.7 Å². The molecule has 0 spiro atoms. The Balaban J connectivity index is 0.00000312. The van der Waals surface area contributed by atoms with Crippen LogP contribution in [0.15, 0.2) is 18.2 Å². The van der Waals surface area contributed by atoms with E-state index >= 15 is 0 Å². The molecule has 0 aliphatic carbocycles. The SMILES string of the molecule is CC(C)CCC(CCNCCCN(C)C)c1ccc2c(c1)OCO2.Cl. The Morgan fingerprint density at radius 2 is 1.80 bits per heavy atom. The Labute approximate surface area is 159 Å². The molecule has 144 valence electrons. The van der Waals surface area contributed by atoms with Crippen LogP contribution >= 0.6 is 12.4 Å². The first-order valence-electron chi connectivity index (χ1n) is 9.31. The van der Waals surface area contributed by atoms with Crippen molar-refractivity contribution in [1.82, 2.24) is 10.2 Å². The first-order valence-corrected chi connectivity index (χ1v) is 9.31. The number of ether oxygens (including phenoxy) is 2. The molecule has 0 radical (unpaired) electrons. The monoisotopic (exact) mass is 370 g/mol. The molecule has 0 amide bonds. The number of rotatable bonds is 11. The third-order valence-corrected chi connectivity index (χ3v) is 4.59. The van der Waals surface area contributed by atoms with Gasteiger partial charge in [0.05, 0.1) is 0 Å². The van der Waals surface area contributed by atoms with Crippen LogP contribution in [-0.2, 0) is 0 Å². The molecular weight excluding hydrogens is 336 g/mol. The molecule has 1 heterocycles. The molecule has 1 aromatic carbocycles. The van der Waals surface area contributed by atoms with E-state index in [0.717, 1.165) is 37.1 Å². The molecule has 4 nitrogen and oxygen atoms in total. The van der Waals surface area contributed by atoms with Crippen molar-refractivity contribution in [2.24, 2.45) is 5.92 Å². The first-order chi connectivity index (χ1) is 11.6. The van der Waals surface area contributed by atoms with Crippen LogP contribution in [0.25, 0.3) is 0 Å². The van der Waals surface area contributed by atoms with E-state index in [0.29, 0.717) is 12.7 Å². The number of hydrogen-bond acceptors (Lipinski definition) is 4. The van der Waals surface area contributed by atoms with E-state index < -0.39 is 0 Å². The molecule has 1 aromatic rings. The lowest BCUT2D eigenvalue weighted by molar-refractivity contribution is 0.174. The average molecular weight is 371 g/mol. The Hall–Kier alpha value is -0.970. The molecule has 5 heteroatoms. The zero-order valence-electron chi connectivity index (χ0n) is 16.2. The highest BCUT2D eigenvalue weighted by Crippen LogP contribution is 2.36. The minimum absolute atomic E-state index is 0. The van der Waals surface area contributed by atoms with E-state index in [2.05, 4.69) is 56.4 Å². The van der Waals surface area contributed by atoms with E-state index in [1.54, 1.807) is 0 Å². The van der Waals surface area contributed by atoms with Crippen LogP contribution in [0, 0.1) is 5.92 Å². The number of nitrogens with zero attached hydrogens (tertiary/aromatic N) is 1. The van der Waals surface area contributed by atoms with Crippen molar-refractivity contribution in [3.63, 3.8) is 0 Å². The van der Waals surface area contributed by atoms with Crippen LogP contribution in [0.5, 0.6) is 11.5 Å². The summed E-state index contributed by atoms with van der Waals surface area (Å²) >= 11 is 0. The summed E-state index contributed by atoms with van der Waals surface area (Å²) in [6.45, 7) is 8.27. The Morgan fingerprint density at radius 3 is 2.52 bits per heavy atom. The highest BCUT2D eigenvalue weighted by Gasteiger charge is 2.18. The second-order valence-corrected chi connectivity index (χ2v) is 7.48. The molecule has 1 atom stereocenters. The quantitative estimate of drug-likeness (QED) is 0.589. The summed E-state index contributed by atoms with van der Waals surface area (Å²) in [5, 5.41) is 3.60. The van der Waals surface area contributed by atoms with Crippen molar-refractivity contribution in [3.8, 4) is 11.5 Å². The fraction of sp³-hybridized carbons (Fsp3) is 0.700. The fourth-order valence-corrected chi connectivity index (χ4v) is 3.10. The van der Waals surface area contributed by atoms with Gasteiger partial charge in [-0.05, 0) is 82.5 Å². The third-order valence-electron chi connectivity index (χ3n) is 4.59. The Morgan fingerprint density at radius 1 is 1.04 bits per heavy atom. The van der Waals surface area contributed by atoms with E-state index in [1.165, 1.54) is 31.2 Å². The van der Waals surface area contributed by atoms with Crippen LogP contribution in [-0.4, -0.2) is 45.4 Å². The largest absolute Gasteiger partial charge is 0.454 e. The standard InChI is InChI=1S/C20H34N2O2.ClH/c1-16(2)6-7-17(10-12-21-11-5-13-22(3)4)18-8-9-19-20(14-18)24-15-23-19;/h8-9,14,16-17,21H,5-7,10-13,15H2,1-4H3;1H. The third kappa shape index (κ3) is 7.85. The summed E-state index contributed by atoms with van der Waals surface area (Å²) < 4.78 is 11.0. The predicted molar refractivity (Wildman–Crippen MR) is 107 cm³/mol. The Bertz CT molecular complexity index is 495. The van der Waals surface area contributed by atoms with Crippen LogP contribution < -0.4 is 14.8 Å². The second kappa shape index (κ2) is 11.6. The van der Waals surface area contributed by atoms with E-state index in [4.69, 9.17) is 9.47 Å². The maximum Gasteiger partial charge on any atom is 0.231 e. The van der Waals surface area contributed by atoms with E-state index in [1.807, 2.05) is 0 Å². The first kappa shape index (κ1) is 22.1. The lowest BCUT2D eigenvalue weighted by Gasteiger charge is -2.19. The number of halogens is 1. The Kier molecular flexibility index (Phi) is 10.2. The zero-order valence-corrected chi connectivity index (χ0v) is 17.0. The number of hydrogen-bond donors (Lipinski definition) is 1. The van der Waals surface area contributed by atoms with Crippen molar-refractivity contribution in [3.05, 3.63) is 23.8 Å². The molecule has 25 heavy (non-hydrogen) atoms. The molecule has 2 rings (SSSR count). The van der Waals surface area contributed by atoms with E-state index in [9.17, 15) is 0 Å². The van der Waals surface area contributed by atoms with E-state index in [-0.39, 0.29) is 12.4 Å². The highest BCUT2D eigenvalue weighted by atomic mass is 35.5. The lowest BCUT2D eigenvalue weighted by Crippen LogP contribution is -2.23. The van der Waals surface area contributed by atoms with Gasteiger partial charge in [-0.1, -0.05) is 26.3 Å². The van der Waals surface area contributed by atoms with Crippen LogP contribution in [0.1, 0.15) is 51.0 Å². The molecular formula is C20H35ClN2O2. The summed E-state index contributed by atoms with van der Waals surface area (Å²) in [6, 6.07) is 6.45. The summed E-state index contributed by atoms with van der Waals surface area (Å²) in [7, 11) is 4.25. The maximum absolute atomic E-state index is 5.55. The molecule has 0 saturated carbocycles. The smallest absolute Gasteiger partial charge is 0.231 e. The normalized spacial score (nSPS) is 14.0. The lowest BCUT2D eigenvalue weighted by atomic mass is 9.88. The van der Waals surface area contributed by atoms with Gasteiger partial charge in [0, 0.05) is 0 Å². The molecule has 1 N–H and O–H groups in total. The second-order valence-electron chi connectivity index (χ2n) is 7.48. The minimum atomic E-state index is 0. The van der Waals surface area contributed by atoms with Gasteiger partial charge in [-0.25, -0.2) is 0 Å². The topological polar surface area (TPSA) is 33.7 Å². The van der Waals surface area contributed by atoms with Gasteiger partial charge in [0.2, 0.25) is 6.79 Å². The maximum atomic E-state index is 5.55. The predicted octanol–water partition coefficient (Wildman–Crippen LogP) is 4.29. The summed E-state index contributed by atoms with van der Waals surface area (Å²) in [5.41, 5.74) is 1.38. The number of fused-ring (bicyclic) bond motifs is 1. The zero-order chi connectivity index (χ0) is 17.4. The van der Waals surface area contributed by atoms with Crippen molar-refractivity contribution in [2.45, 2.75) is 45.4 Å². The van der Waals surface area contributed by atoms with Crippen LogP contribution in [0.3, 0.4) is 0 Å². The fourth-order valence-electron chi connectivity index (χ4n) is 3.10. The molecule has 0 aromatic heterocycles. The molecule has 0 fully saturated rings. The molecule has 0 saturated heterocycles. The van der Waals surface area contributed by atoms with Crippen molar-refractivity contribution in [1.29, 1.82) is 0 Å². The average Bonchev–Trinajstić information content (AvgIpc) is 3.00. The number of benzene rings is 1. The van der Waals surface area contributed by atoms with Crippen LogP contribution in [0.2, 0.25) is 0 Å². The molecule has 1 aliphatic rings. The van der Waals surface area contributed by atoms with Crippen molar-refractivity contribution < 1.29 is 9.47 Å². The molecule has 0 bridgehead atoms. The molecule has 1 unspecified atom stereocenters. The number of nitrogens with one attached hydrogen (secondary N) is 1. The summed E-state index contributed by atoms with van der Waals surface area (Å²) in [4.78, 5) is 2.24. The highest BCUT2D eigenvalue weighted by molar-refractivity contribution is 5.85. The van der Waals surface area contributed by atoms with Gasteiger partial charge in [-0.2, -0.15) is 0 Å². The van der Waals surface area contributed by atoms with Gasteiger partial charge in [-0.3, -0.25) is 0 Å². The van der Waals surface area contributed by atoms with Gasteiger partial charge in [0.15, 0.2) is 11.5 Å². The van der Waals surface area contributed by atoms with Crippen LogP contribution in [0.4, 0.5) is 0 Å². The van der Waals surface area contributed by atoms with Crippen molar-refractivity contribution in [2.75, 3.05) is 40.5 Å². The summed E-state index contributed by atoms with van der Waals surface area (Å²) in [5.74, 6) is 3.11. The molecule has 1 aliphatic heterocycles. The van der Waals surface area contributed by atoms with Gasteiger partial charge in [-0.15, -0.1) is 12.4 Å². The van der Waals surface area contributed by atoms with Gasteiger partial charge in [0.1, 0.15) is 0 Å². The van der Waals surface area contributed by atoms with Gasteiger partial charge >= 0.3 is 0 Å². The van der Waals surface area contributed by atoms with Crippen molar-refractivity contribution >= 4 is 12.4 Å².